The van der Waals surface area contributed by atoms with Crippen molar-refractivity contribution in [1.29, 1.82) is 0 Å². The molecule has 0 saturated carbocycles. The van der Waals surface area contributed by atoms with Crippen molar-refractivity contribution in [1.82, 2.24) is 4.98 Å². The first-order chi connectivity index (χ1) is 13.6. The van der Waals surface area contributed by atoms with E-state index < -0.39 is 5.97 Å². The Bertz CT molecular complexity index is 987. The van der Waals surface area contributed by atoms with Crippen LogP contribution in [0.15, 0.2) is 66.9 Å². The summed E-state index contributed by atoms with van der Waals surface area (Å²) < 4.78 is 9.89. The molecule has 0 atom stereocenters. The van der Waals surface area contributed by atoms with Gasteiger partial charge in [-0.2, -0.15) is 0 Å². The summed E-state index contributed by atoms with van der Waals surface area (Å²) in [5, 5.41) is 5.87. The second-order valence-corrected chi connectivity index (χ2v) is 5.77. The number of carbonyl (C=O) groups excluding carboxylic acids is 2. The zero-order valence-electron chi connectivity index (χ0n) is 15.4. The van der Waals surface area contributed by atoms with Gasteiger partial charge in [-0.05, 0) is 48.5 Å². The molecule has 0 radical (unpaired) electrons. The fourth-order valence-electron chi connectivity index (χ4n) is 2.54. The highest BCUT2D eigenvalue weighted by molar-refractivity contribution is 6.04. The number of nitrogens with one attached hydrogen (secondary N) is 2. The number of amides is 1. The SMILES string of the molecule is COC(=O)c1ccccc1Nc1cc(C(=O)Nc2ccc(OC)cc2)ccn1. The van der Waals surface area contributed by atoms with Crippen molar-refractivity contribution in [2.24, 2.45) is 0 Å². The summed E-state index contributed by atoms with van der Waals surface area (Å²) >= 11 is 0. The van der Waals surface area contributed by atoms with Gasteiger partial charge in [0.2, 0.25) is 0 Å². The number of methoxy groups -OCH3 is 2. The lowest BCUT2D eigenvalue weighted by Crippen LogP contribution is -2.12. The summed E-state index contributed by atoms with van der Waals surface area (Å²) in [5.41, 5.74) is 1.98. The van der Waals surface area contributed by atoms with Gasteiger partial charge in [-0.25, -0.2) is 9.78 Å². The molecule has 2 aromatic carbocycles. The molecule has 28 heavy (non-hydrogen) atoms. The Morgan fingerprint density at radius 3 is 2.43 bits per heavy atom. The first kappa shape index (κ1) is 18.9. The van der Waals surface area contributed by atoms with Gasteiger partial charge in [0.05, 0.1) is 25.5 Å². The van der Waals surface area contributed by atoms with E-state index in [1.165, 1.54) is 13.3 Å². The first-order valence-electron chi connectivity index (χ1n) is 8.46. The molecule has 7 nitrogen and oxygen atoms in total. The molecule has 142 valence electrons. The van der Waals surface area contributed by atoms with Gasteiger partial charge >= 0.3 is 5.97 Å². The number of pyridine rings is 1. The molecule has 0 saturated heterocycles. The maximum absolute atomic E-state index is 12.5. The number of hydrogen-bond acceptors (Lipinski definition) is 6. The number of para-hydroxylation sites is 1. The smallest absolute Gasteiger partial charge is 0.339 e. The fourth-order valence-corrected chi connectivity index (χ4v) is 2.54. The van der Waals surface area contributed by atoms with Gasteiger partial charge in [-0.15, -0.1) is 0 Å². The molecule has 0 fully saturated rings. The van der Waals surface area contributed by atoms with Gasteiger partial charge in [-0.3, -0.25) is 4.79 Å². The molecule has 1 heterocycles. The Morgan fingerprint density at radius 1 is 0.964 bits per heavy atom. The summed E-state index contributed by atoms with van der Waals surface area (Å²) in [4.78, 5) is 28.6. The number of ether oxygens (including phenoxy) is 2. The van der Waals surface area contributed by atoms with Crippen LogP contribution in [0.1, 0.15) is 20.7 Å². The standard InChI is InChI=1S/C21H19N3O4/c1-27-16-9-7-15(8-10-16)23-20(25)14-11-12-22-19(13-14)24-18-6-4-3-5-17(18)21(26)28-2/h3-13H,1-2H3,(H,22,24)(H,23,25). The van der Waals surface area contributed by atoms with Crippen molar-refractivity contribution in [3.8, 4) is 5.75 Å². The third-order valence-corrected chi connectivity index (χ3v) is 3.97. The number of carbonyl (C=O) groups is 2. The molecule has 0 bridgehead atoms. The van der Waals surface area contributed by atoms with Crippen LogP contribution in [0, 0.1) is 0 Å². The molecule has 0 aliphatic rings. The van der Waals surface area contributed by atoms with E-state index in [-0.39, 0.29) is 5.91 Å². The maximum Gasteiger partial charge on any atom is 0.339 e. The summed E-state index contributed by atoms with van der Waals surface area (Å²) in [6.45, 7) is 0. The molecule has 3 aromatic rings. The molecule has 0 unspecified atom stereocenters. The van der Waals surface area contributed by atoms with E-state index in [2.05, 4.69) is 15.6 Å². The molecule has 2 N–H and O–H groups in total. The maximum atomic E-state index is 12.5. The van der Waals surface area contributed by atoms with Gasteiger partial charge in [0.25, 0.3) is 5.91 Å². The number of rotatable bonds is 6. The van der Waals surface area contributed by atoms with Crippen LogP contribution in [0.2, 0.25) is 0 Å². The lowest BCUT2D eigenvalue weighted by Gasteiger charge is -2.11. The van der Waals surface area contributed by atoms with Crippen LogP contribution in [0.25, 0.3) is 0 Å². The quantitative estimate of drug-likeness (QED) is 0.634. The number of anilines is 3. The lowest BCUT2D eigenvalue weighted by atomic mass is 10.1. The van der Waals surface area contributed by atoms with E-state index >= 15 is 0 Å². The average Bonchev–Trinajstić information content (AvgIpc) is 2.74. The lowest BCUT2D eigenvalue weighted by molar-refractivity contribution is 0.0601. The van der Waals surface area contributed by atoms with Crippen LogP contribution in [-0.2, 0) is 4.74 Å². The molecule has 1 amide bonds. The van der Waals surface area contributed by atoms with E-state index in [4.69, 9.17) is 9.47 Å². The van der Waals surface area contributed by atoms with Crippen molar-refractivity contribution in [2.75, 3.05) is 24.9 Å². The summed E-state index contributed by atoms with van der Waals surface area (Å²) in [5.74, 6) is 0.393. The number of nitrogens with zero attached hydrogens (tertiary/aromatic N) is 1. The predicted molar refractivity (Wildman–Crippen MR) is 106 cm³/mol. The molecule has 0 spiro atoms. The third-order valence-electron chi connectivity index (χ3n) is 3.97. The van der Waals surface area contributed by atoms with E-state index in [1.807, 2.05) is 0 Å². The fraction of sp³-hybridized carbons (Fsp3) is 0.0952. The molecule has 1 aromatic heterocycles. The van der Waals surface area contributed by atoms with Gasteiger partial charge < -0.3 is 20.1 Å². The third kappa shape index (κ3) is 4.45. The Labute approximate surface area is 162 Å². The highest BCUT2D eigenvalue weighted by Gasteiger charge is 2.13. The number of esters is 1. The van der Waals surface area contributed by atoms with E-state index in [9.17, 15) is 9.59 Å². The molecular weight excluding hydrogens is 358 g/mol. The monoisotopic (exact) mass is 377 g/mol. The summed E-state index contributed by atoms with van der Waals surface area (Å²) in [6, 6.07) is 17.2. The van der Waals surface area contributed by atoms with Gasteiger partial charge in [0.15, 0.2) is 0 Å². The molecule has 7 heteroatoms. The number of hydrogen-bond donors (Lipinski definition) is 2. The Kier molecular flexibility index (Phi) is 5.86. The first-order valence-corrected chi connectivity index (χ1v) is 8.46. The van der Waals surface area contributed by atoms with Gasteiger partial charge in [0.1, 0.15) is 11.6 Å². The second kappa shape index (κ2) is 8.68. The van der Waals surface area contributed by atoms with Crippen molar-refractivity contribution in [2.45, 2.75) is 0 Å². The van der Waals surface area contributed by atoms with Crippen molar-refractivity contribution >= 4 is 29.1 Å². The van der Waals surface area contributed by atoms with Crippen LogP contribution in [0.3, 0.4) is 0 Å². The minimum Gasteiger partial charge on any atom is -0.497 e. The molecule has 0 aliphatic heterocycles. The Balaban J connectivity index is 1.77. The van der Waals surface area contributed by atoms with Gasteiger partial charge in [0, 0.05) is 17.4 Å². The topological polar surface area (TPSA) is 89.5 Å². The van der Waals surface area contributed by atoms with E-state index in [0.717, 1.165) is 0 Å². The molecule has 3 rings (SSSR count). The number of benzene rings is 2. The van der Waals surface area contributed by atoms with Crippen LogP contribution >= 0.6 is 0 Å². The highest BCUT2D eigenvalue weighted by atomic mass is 16.5. The summed E-state index contributed by atoms with van der Waals surface area (Å²) in [7, 11) is 2.90. The zero-order chi connectivity index (χ0) is 19.9. The molecular formula is C21H19N3O4. The molecule has 0 aliphatic carbocycles. The minimum atomic E-state index is -0.462. The van der Waals surface area contributed by atoms with Crippen LogP contribution in [0.5, 0.6) is 5.75 Å². The predicted octanol–water partition coefficient (Wildman–Crippen LogP) is 3.87. The van der Waals surface area contributed by atoms with Gasteiger partial charge in [-0.1, -0.05) is 12.1 Å². The van der Waals surface area contributed by atoms with E-state index in [1.54, 1.807) is 67.8 Å². The Hall–Kier alpha value is -3.87. The average molecular weight is 377 g/mol. The van der Waals surface area contributed by atoms with Crippen LogP contribution < -0.4 is 15.4 Å². The minimum absolute atomic E-state index is 0.281. The van der Waals surface area contributed by atoms with Crippen LogP contribution in [0.4, 0.5) is 17.2 Å². The zero-order valence-corrected chi connectivity index (χ0v) is 15.4. The summed E-state index contributed by atoms with van der Waals surface area (Å²) in [6.07, 6.45) is 1.52. The van der Waals surface area contributed by atoms with Crippen molar-refractivity contribution in [3.63, 3.8) is 0 Å². The Morgan fingerprint density at radius 2 is 1.71 bits per heavy atom. The van der Waals surface area contributed by atoms with Crippen molar-refractivity contribution < 1.29 is 19.1 Å². The highest BCUT2D eigenvalue weighted by Crippen LogP contribution is 2.21. The van der Waals surface area contributed by atoms with Crippen LogP contribution in [-0.4, -0.2) is 31.1 Å². The number of aromatic nitrogens is 1. The van der Waals surface area contributed by atoms with E-state index in [0.29, 0.717) is 34.1 Å². The van der Waals surface area contributed by atoms with Crippen molar-refractivity contribution in [3.05, 3.63) is 78.0 Å². The normalized spacial score (nSPS) is 10.1. The second-order valence-electron chi connectivity index (χ2n) is 5.77. The largest absolute Gasteiger partial charge is 0.497 e.